The molecule has 31 heavy (non-hydrogen) atoms. The number of urea groups is 1. The van der Waals surface area contributed by atoms with Gasteiger partial charge in [0.2, 0.25) is 11.8 Å². The summed E-state index contributed by atoms with van der Waals surface area (Å²) in [6.45, 7) is 6.55. The number of anilines is 1. The first-order chi connectivity index (χ1) is 14.4. The lowest BCUT2D eigenvalue weighted by atomic mass is 9.56. The average Bonchev–Trinajstić information content (AvgIpc) is 2.90. The minimum absolute atomic E-state index is 0.0209. The van der Waals surface area contributed by atoms with Crippen LogP contribution in [0.15, 0.2) is 18.2 Å². The van der Waals surface area contributed by atoms with Crippen molar-refractivity contribution < 1.29 is 19.3 Å². The molecule has 1 aliphatic carbocycles. The number of benzene rings is 1. The van der Waals surface area contributed by atoms with E-state index in [0.717, 1.165) is 29.8 Å². The van der Waals surface area contributed by atoms with Crippen LogP contribution in [0.5, 0.6) is 0 Å². The van der Waals surface area contributed by atoms with Crippen LogP contribution in [0.1, 0.15) is 45.6 Å². The Labute approximate surface area is 179 Å². The second-order valence-corrected chi connectivity index (χ2v) is 10.7. The number of nitrogens with one attached hydrogen (secondary N) is 1. The number of nitro benzene ring substituents is 1. The van der Waals surface area contributed by atoms with Crippen molar-refractivity contribution in [1.29, 1.82) is 0 Å². The summed E-state index contributed by atoms with van der Waals surface area (Å²) < 4.78 is 0. The fraction of sp³-hybridized carbons (Fsp3) is 0.591. The SMILES string of the molecule is CN1C(=O)NC(=O)[C@]2(Cc3cc([N+](=O)[O-])ccc3N3[C@H]4CC(C)(C)C[C@](C)(C4)[C@@H]32)C1=O. The first-order valence-electron chi connectivity index (χ1n) is 10.6. The number of hydrogen-bond acceptors (Lipinski definition) is 6. The van der Waals surface area contributed by atoms with Gasteiger partial charge in [-0.05, 0) is 41.7 Å². The molecule has 1 spiro atoms. The molecule has 2 saturated heterocycles. The molecule has 3 heterocycles. The van der Waals surface area contributed by atoms with Crippen LogP contribution in [0.4, 0.5) is 16.2 Å². The van der Waals surface area contributed by atoms with Crippen LogP contribution in [-0.4, -0.2) is 46.8 Å². The van der Waals surface area contributed by atoms with Gasteiger partial charge in [-0.2, -0.15) is 0 Å². The molecule has 0 radical (unpaired) electrons. The third kappa shape index (κ3) is 2.46. The number of carbonyl (C=O) groups excluding carboxylic acids is 3. The van der Waals surface area contributed by atoms with E-state index in [1.165, 1.54) is 19.2 Å². The second-order valence-electron chi connectivity index (χ2n) is 10.7. The molecule has 3 aliphatic heterocycles. The lowest BCUT2D eigenvalue weighted by molar-refractivity contribution is -0.384. The molecular weight excluding hydrogens is 400 g/mol. The predicted molar refractivity (Wildman–Crippen MR) is 111 cm³/mol. The van der Waals surface area contributed by atoms with Crippen molar-refractivity contribution in [1.82, 2.24) is 10.2 Å². The number of imide groups is 2. The Balaban J connectivity index is 1.78. The molecule has 4 amide bonds. The lowest BCUT2D eigenvalue weighted by Gasteiger charge is -2.53. The van der Waals surface area contributed by atoms with Gasteiger partial charge in [0.1, 0.15) is 0 Å². The number of nitrogens with zero attached hydrogens (tertiary/aromatic N) is 3. The van der Waals surface area contributed by atoms with Gasteiger partial charge < -0.3 is 4.90 Å². The van der Waals surface area contributed by atoms with Crippen molar-refractivity contribution >= 4 is 29.2 Å². The number of nitro groups is 1. The van der Waals surface area contributed by atoms with Gasteiger partial charge >= 0.3 is 6.03 Å². The van der Waals surface area contributed by atoms with E-state index in [1.807, 2.05) is 0 Å². The van der Waals surface area contributed by atoms with Crippen LogP contribution in [0.3, 0.4) is 0 Å². The lowest BCUT2D eigenvalue weighted by Crippen LogP contribution is -2.72. The molecule has 164 valence electrons. The van der Waals surface area contributed by atoms with Gasteiger partial charge in [0, 0.05) is 37.3 Å². The molecule has 2 bridgehead atoms. The number of fused-ring (bicyclic) bond motifs is 8. The van der Waals surface area contributed by atoms with Gasteiger partial charge in [-0.1, -0.05) is 20.8 Å². The minimum Gasteiger partial charge on any atom is -0.363 e. The number of carbonyl (C=O) groups is 3. The molecule has 4 aliphatic rings. The zero-order chi connectivity index (χ0) is 22.5. The van der Waals surface area contributed by atoms with Crippen LogP contribution < -0.4 is 10.2 Å². The molecule has 1 aromatic carbocycles. The summed E-state index contributed by atoms with van der Waals surface area (Å²) in [5.41, 5.74) is -0.422. The average molecular weight is 426 g/mol. The summed E-state index contributed by atoms with van der Waals surface area (Å²) in [7, 11) is 1.38. The Kier molecular flexibility index (Phi) is 3.76. The van der Waals surface area contributed by atoms with Crippen molar-refractivity contribution in [2.24, 2.45) is 16.2 Å². The number of barbiturate groups is 1. The zero-order valence-corrected chi connectivity index (χ0v) is 18.1. The molecule has 9 heteroatoms. The summed E-state index contributed by atoms with van der Waals surface area (Å²) in [4.78, 5) is 53.4. The highest BCUT2D eigenvalue weighted by Crippen LogP contribution is 2.64. The Hall–Kier alpha value is -2.97. The number of rotatable bonds is 1. The number of hydrogen-bond donors (Lipinski definition) is 1. The highest BCUT2D eigenvalue weighted by atomic mass is 16.6. The van der Waals surface area contributed by atoms with E-state index in [1.54, 1.807) is 6.07 Å². The van der Waals surface area contributed by atoms with Crippen LogP contribution in [-0.2, 0) is 16.0 Å². The topological polar surface area (TPSA) is 113 Å². The minimum atomic E-state index is -1.51. The number of non-ortho nitro benzene ring substituents is 1. The van der Waals surface area contributed by atoms with Crippen LogP contribution >= 0.6 is 0 Å². The molecule has 1 N–H and O–H groups in total. The Morgan fingerprint density at radius 3 is 2.55 bits per heavy atom. The standard InChI is InChI=1S/C22H26N4O5/c1-20(2)9-14-10-21(3,11-20)16-22(17(27)23-19(29)24(4)18(22)28)8-12-7-13(26(30)31)5-6-15(12)25(14)16/h5-7,14,16H,8-11H2,1-4H3,(H,23,27,29)/t14-,16+,21-,22+/m0/s1. The molecule has 9 nitrogen and oxygen atoms in total. The second kappa shape index (κ2) is 5.83. The Morgan fingerprint density at radius 2 is 1.87 bits per heavy atom. The van der Waals surface area contributed by atoms with Crippen molar-refractivity contribution in [3.05, 3.63) is 33.9 Å². The van der Waals surface area contributed by atoms with Crippen molar-refractivity contribution in [2.45, 2.75) is 58.5 Å². The van der Waals surface area contributed by atoms with E-state index in [9.17, 15) is 24.5 Å². The van der Waals surface area contributed by atoms with Gasteiger partial charge in [0.15, 0.2) is 5.41 Å². The van der Waals surface area contributed by atoms with Crippen molar-refractivity contribution in [3.63, 3.8) is 0 Å². The summed E-state index contributed by atoms with van der Waals surface area (Å²) in [5, 5.41) is 13.8. The van der Waals surface area contributed by atoms with E-state index in [-0.39, 0.29) is 29.0 Å². The van der Waals surface area contributed by atoms with E-state index in [2.05, 4.69) is 31.0 Å². The quantitative estimate of drug-likeness (QED) is 0.420. The largest absolute Gasteiger partial charge is 0.363 e. The highest BCUT2D eigenvalue weighted by Gasteiger charge is 2.71. The molecule has 1 aromatic rings. The third-order valence-corrected chi connectivity index (χ3v) is 7.81. The maximum atomic E-state index is 13.7. The first kappa shape index (κ1) is 20.0. The highest BCUT2D eigenvalue weighted by molar-refractivity contribution is 6.20. The van der Waals surface area contributed by atoms with Gasteiger partial charge in [0.05, 0.1) is 11.0 Å². The molecule has 3 fully saturated rings. The summed E-state index contributed by atoms with van der Waals surface area (Å²) >= 11 is 0. The Bertz CT molecular complexity index is 1070. The summed E-state index contributed by atoms with van der Waals surface area (Å²) in [6.07, 6.45) is 2.61. The molecule has 0 aromatic heterocycles. The number of amides is 4. The van der Waals surface area contributed by atoms with E-state index < -0.39 is 34.2 Å². The fourth-order valence-corrected chi connectivity index (χ4v) is 7.26. The maximum Gasteiger partial charge on any atom is 0.330 e. The molecular formula is C22H26N4O5. The van der Waals surface area contributed by atoms with Gasteiger partial charge in [-0.25, -0.2) is 4.79 Å². The monoisotopic (exact) mass is 426 g/mol. The predicted octanol–water partition coefficient (Wildman–Crippen LogP) is 2.62. The van der Waals surface area contributed by atoms with Crippen molar-refractivity contribution in [3.8, 4) is 0 Å². The Morgan fingerprint density at radius 1 is 1.16 bits per heavy atom. The van der Waals surface area contributed by atoms with E-state index >= 15 is 0 Å². The van der Waals surface area contributed by atoms with Gasteiger partial charge in [0.25, 0.3) is 5.69 Å². The van der Waals surface area contributed by atoms with Gasteiger partial charge in [-0.3, -0.25) is 29.9 Å². The smallest absolute Gasteiger partial charge is 0.330 e. The third-order valence-electron chi connectivity index (χ3n) is 7.81. The van der Waals surface area contributed by atoms with E-state index in [0.29, 0.717) is 5.56 Å². The van der Waals surface area contributed by atoms with E-state index in [4.69, 9.17) is 0 Å². The molecule has 4 atom stereocenters. The normalized spacial score (nSPS) is 35.7. The van der Waals surface area contributed by atoms with Crippen LogP contribution in [0, 0.1) is 26.4 Å². The molecule has 1 saturated carbocycles. The molecule has 5 rings (SSSR count). The van der Waals surface area contributed by atoms with Crippen LogP contribution in [0.2, 0.25) is 0 Å². The molecule has 0 unspecified atom stereocenters. The maximum absolute atomic E-state index is 13.7. The fourth-order valence-electron chi connectivity index (χ4n) is 7.26. The van der Waals surface area contributed by atoms with Crippen molar-refractivity contribution in [2.75, 3.05) is 11.9 Å². The summed E-state index contributed by atoms with van der Waals surface area (Å²) in [5.74, 6) is -1.13. The first-order valence-corrected chi connectivity index (χ1v) is 10.6. The van der Waals surface area contributed by atoms with Crippen LogP contribution in [0.25, 0.3) is 0 Å². The summed E-state index contributed by atoms with van der Waals surface area (Å²) in [6, 6.07) is 3.67. The van der Waals surface area contributed by atoms with Gasteiger partial charge in [-0.15, -0.1) is 0 Å². The zero-order valence-electron chi connectivity index (χ0n) is 18.1.